The van der Waals surface area contributed by atoms with Crippen molar-refractivity contribution in [2.75, 3.05) is 13.2 Å². The van der Waals surface area contributed by atoms with Gasteiger partial charge in [0.15, 0.2) is 0 Å². The average Bonchev–Trinajstić information content (AvgIpc) is 2.94. The lowest BCUT2D eigenvalue weighted by Crippen LogP contribution is -2.28. The second-order valence-electron chi connectivity index (χ2n) is 5.47. The van der Waals surface area contributed by atoms with Crippen LogP contribution in [0.25, 0.3) is 0 Å². The second-order valence-corrected chi connectivity index (χ2v) is 5.90. The van der Waals surface area contributed by atoms with Gasteiger partial charge in [0, 0.05) is 16.9 Å². The first-order valence-corrected chi connectivity index (χ1v) is 7.93. The molecular weight excluding hydrogens is 314 g/mol. The highest BCUT2D eigenvalue weighted by molar-refractivity contribution is 6.30. The first-order chi connectivity index (χ1) is 11.1. The van der Waals surface area contributed by atoms with Crippen LogP contribution in [-0.4, -0.2) is 29.2 Å². The molecule has 0 spiro atoms. The zero-order valence-corrected chi connectivity index (χ0v) is 13.5. The van der Waals surface area contributed by atoms with Crippen molar-refractivity contribution in [2.45, 2.75) is 13.0 Å². The van der Waals surface area contributed by atoms with Crippen LogP contribution in [0.3, 0.4) is 0 Å². The molecule has 5 heteroatoms. The molecule has 0 aromatic heterocycles. The summed E-state index contributed by atoms with van der Waals surface area (Å²) in [6.07, 6.45) is 7.54. The van der Waals surface area contributed by atoms with E-state index in [4.69, 9.17) is 16.3 Å². The van der Waals surface area contributed by atoms with E-state index in [0.717, 1.165) is 16.8 Å². The maximum atomic E-state index is 12.4. The molecule has 23 heavy (non-hydrogen) atoms. The van der Waals surface area contributed by atoms with Crippen LogP contribution >= 0.6 is 11.6 Å². The number of benzene rings is 1. The van der Waals surface area contributed by atoms with Crippen molar-refractivity contribution in [3.63, 3.8) is 0 Å². The predicted octanol–water partition coefficient (Wildman–Crippen LogP) is 3.21. The predicted molar refractivity (Wildman–Crippen MR) is 88.5 cm³/mol. The quantitative estimate of drug-likeness (QED) is 0.861. The van der Waals surface area contributed by atoms with Crippen LogP contribution < -0.4 is 0 Å². The molecule has 120 valence electrons. The van der Waals surface area contributed by atoms with Crippen molar-refractivity contribution in [2.24, 2.45) is 5.92 Å². The van der Waals surface area contributed by atoms with Crippen molar-refractivity contribution in [3.8, 4) is 0 Å². The first kappa shape index (κ1) is 15.8. The Hall–Kier alpha value is -2.04. The molecule has 1 aromatic rings. The van der Waals surface area contributed by atoms with Crippen molar-refractivity contribution in [3.05, 3.63) is 70.5 Å². The summed E-state index contributed by atoms with van der Waals surface area (Å²) >= 11 is 5.97. The molecule has 0 saturated carbocycles. The lowest BCUT2D eigenvalue weighted by atomic mass is 9.94. The summed E-state index contributed by atoms with van der Waals surface area (Å²) in [7, 11) is 0. The van der Waals surface area contributed by atoms with Crippen LogP contribution in [0.2, 0.25) is 5.02 Å². The highest BCUT2D eigenvalue weighted by Gasteiger charge is 2.39. The highest BCUT2D eigenvalue weighted by atomic mass is 35.5. The minimum absolute atomic E-state index is 0.0304. The van der Waals surface area contributed by atoms with Gasteiger partial charge in [0.1, 0.15) is 5.92 Å². The standard InChI is InChI=1S/C18H18ClNO3/c1-2-23-18(22)16-10-15-9-12(11-21)7-8-20(15)17(16)13-3-5-14(19)6-4-13/h3-10,16-17,21H,2,11H2,1H3. The SMILES string of the molecule is CCOC(=O)C1C=C2C=C(CO)C=CN2C1c1ccc(Cl)cc1. The summed E-state index contributed by atoms with van der Waals surface area (Å²) < 4.78 is 5.23. The molecule has 2 heterocycles. The summed E-state index contributed by atoms with van der Waals surface area (Å²) in [6.45, 7) is 2.12. The van der Waals surface area contributed by atoms with Gasteiger partial charge in [0.05, 0.1) is 19.3 Å². The van der Waals surface area contributed by atoms with Gasteiger partial charge in [-0.2, -0.15) is 0 Å². The molecule has 1 aromatic carbocycles. The number of hydrogen-bond acceptors (Lipinski definition) is 4. The van der Waals surface area contributed by atoms with E-state index in [1.165, 1.54) is 0 Å². The molecule has 0 fully saturated rings. The van der Waals surface area contributed by atoms with Crippen LogP contribution in [0, 0.1) is 5.92 Å². The number of carbonyl (C=O) groups is 1. The molecule has 1 N–H and O–H groups in total. The van der Waals surface area contributed by atoms with Gasteiger partial charge in [0.25, 0.3) is 0 Å². The molecule has 2 atom stereocenters. The number of aliphatic hydroxyl groups is 1. The Kier molecular flexibility index (Phi) is 4.55. The molecule has 4 nitrogen and oxygen atoms in total. The lowest BCUT2D eigenvalue weighted by Gasteiger charge is -2.30. The van der Waals surface area contributed by atoms with Crippen LogP contribution in [0.5, 0.6) is 0 Å². The summed E-state index contributed by atoms with van der Waals surface area (Å²) in [5.74, 6) is -0.647. The van der Waals surface area contributed by atoms with Crippen LogP contribution in [0.15, 0.2) is 60.0 Å². The molecule has 0 amide bonds. The fourth-order valence-electron chi connectivity index (χ4n) is 2.97. The zero-order chi connectivity index (χ0) is 16.4. The first-order valence-electron chi connectivity index (χ1n) is 7.56. The Bertz CT molecular complexity index is 691. The number of fused-ring (bicyclic) bond motifs is 1. The summed E-state index contributed by atoms with van der Waals surface area (Å²) in [4.78, 5) is 14.4. The normalized spacial score (nSPS) is 22.5. The molecule has 0 saturated heterocycles. The van der Waals surface area contributed by atoms with E-state index in [1.54, 1.807) is 6.92 Å². The third kappa shape index (κ3) is 3.05. The maximum absolute atomic E-state index is 12.4. The van der Waals surface area contributed by atoms with Crippen LogP contribution in [0.1, 0.15) is 18.5 Å². The minimum atomic E-state index is -0.398. The Labute approximate surface area is 140 Å². The van der Waals surface area contributed by atoms with Gasteiger partial charge in [-0.15, -0.1) is 0 Å². The fourth-order valence-corrected chi connectivity index (χ4v) is 3.10. The van der Waals surface area contributed by atoms with Gasteiger partial charge in [-0.25, -0.2) is 0 Å². The number of aliphatic hydroxyl groups excluding tert-OH is 1. The van der Waals surface area contributed by atoms with Crippen LogP contribution in [-0.2, 0) is 9.53 Å². The molecule has 2 aliphatic heterocycles. The van der Waals surface area contributed by atoms with Crippen molar-refractivity contribution in [1.29, 1.82) is 0 Å². The van der Waals surface area contributed by atoms with E-state index in [-0.39, 0.29) is 18.6 Å². The number of esters is 1. The van der Waals surface area contributed by atoms with Crippen molar-refractivity contribution >= 4 is 17.6 Å². The molecule has 3 rings (SSSR count). The van der Waals surface area contributed by atoms with E-state index in [0.29, 0.717) is 11.6 Å². The smallest absolute Gasteiger partial charge is 0.315 e. The number of allylic oxidation sites excluding steroid dienone is 1. The highest BCUT2D eigenvalue weighted by Crippen LogP contribution is 2.42. The largest absolute Gasteiger partial charge is 0.465 e. The lowest BCUT2D eigenvalue weighted by molar-refractivity contribution is -0.147. The van der Waals surface area contributed by atoms with Gasteiger partial charge >= 0.3 is 5.97 Å². The molecule has 0 bridgehead atoms. The Morgan fingerprint density at radius 3 is 2.74 bits per heavy atom. The molecule has 2 aliphatic rings. The molecule has 0 aliphatic carbocycles. The van der Waals surface area contributed by atoms with Crippen molar-refractivity contribution in [1.82, 2.24) is 4.90 Å². The Morgan fingerprint density at radius 2 is 2.09 bits per heavy atom. The number of ether oxygens (including phenoxy) is 1. The summed E-state index contributed by atoms with van der Waals surface area (Å²) in [6, 6.07) is 7.32. The third-order valence-electron chi connectivity index (χ3n) is 4.02. The van der Waals surface area contributed by atoms with E-state index in [9.17, 15) is 9.90 Å². The summed E-state index contributed by atoms with van der Waals surface area (Å²) in [5, 5.41) is 9.97. The third-order valence-corrected chi connectivity index (χ3v) is 4.28. The second kappa shape index (κ2) is 6.60. The molecule has 2 unspecified atom stereocenters. The van der Waals surface area contributed by atoms with Gasteiger partial charge < -0.3 is 14.7 Å². The number of rotatable bonds is 4. The van der Waals surface area contributed by atoms with Gasteiger partial charge in [-0.3, -0.25) is 4.79 Å². The zero-order valence-electron chi connectivity index (χ0n) is 12.8. The van der Waals surface area contributed by atoms with Gasteiger partial charge in [0.2, 0.25) is 0 Å². The van der Waals surface area contributed by atoms with Gasteiger partial charge in [-0.1, -0.05) is 23.7 Å². The molecular formula is C18H18ClNO3. The number of nitrogens with zero attached hydrogens (tertiary/aromatic N) is 1. The van der Waals surface area contributed by atoms with Crippen molar-refractivity contribution < 1.29 is 14.6 Å². The number of hydrogen-bond donors (Lipinski definition) is 1. The number of carbonyl (C=O) groups excluding carboxylic acids is 1. The minimum Gasteiger partial charge on any atom is -0.465 e. The average molecular weight is 332 g/mol. The topological polar surface area (TPSA) is 49.8 Å². The van der Waals surface area contributed by atoms with E-state index >= 15 is 0 Å². The maximum Gasteiger partial charge on any atom is 0.315 e. The summed E-state index contributed by atoms with van der Waals surface area (Å²) in [5.41, 5.74) is 2.70. The van der Waals surface area contributed by atoms with E-state index in [1.807, 2.05) is 53.6 Å². The fraction of sp³-hybridized carbons (Fsp3) is 0.278. The van der Waals surface area contributed by atoms with E-state index < -0.39 is 5.92 Å². The Morgan fingerprint density at radius 1 is 1.35 bits per heavy atom. The molecule has 0 radical (unpaired) electrons. The van der Waals surface area contributed by atoms with E-state index in [2.05, 4.69) is 0 Å². The monoisotopic (exact) mass is 331 g/mol. The Balaban J connectivity index is 1.98. The van der Waals surface area contributed by atoms with Gasteiger partial charge in [-0.05, 0) is 48.4 Å². The number of halogens is 1. The van der Waals surface area contributed by atoms with Crippen LogP contribution in [0.4, 0.5) is 0 Å².